The highest BCUT2D eigenvalue weighted by Gasteiger charge is 2.18. The molecule has 0 fully saturated rings. The van der Waals surface area contributed by atoms with Gasteiger partial charge < -0.3 is 5.73 Å². The zero-order chi connectivity index (χ0) is 21.1. The first-order valence-electron chi connectivity index (χ1n) is 8.67. The molecule has 0 aliphatic rings. The minimum absolute atomic E-state index is 0.152. The van der Waals surface area contributed by atoms with Crippen LogP contribution in [-0.2, 0) is 0 Å². The Hall–Kier alpha value is -4.06. The minimum atomic E-state index is -0.849. The highest BCUT2D eigenvalue weighted by molar-refractivity contribution is 7.99. The van der Waals surface area contributed by atoms with Gasteiger partial charge >= 0.3 is 6.03 Å². The largest absolute Gasteiger partial charge is 0.350 e. The molecule has 0 unspecified atom stereocenters. The van der Waals surface area contributed by atoms with E-state index in [0.29, 0.717) is 15.8 Å². The Bertz CT molecular complexity index is 1310. The number of aromatic nitrogens is 6. The second-order valence-electron chi connectivity index (χ2n) is 6.07. The first-order chi connectivity index (χ1) is 14.5. The van der Waals surface area contributed by atoms with Crippen molar-refractivity contribution < 1.29 is 4.79 Å². The second kappa shape index (κ2) is 8.13. The van der Waals surface area contributed by atoms with Gasteiger partial charge in [0.1, 0.15) is 10.7 Å². The van der Waals surface area contributed by atoms with Gasteiger partial charge in [0.25, 0.3) is 5.56 Å². The minimum Gasteiger partial charge on any atom is -0.350 e. The van der Waals surface area contributed by atoms with E-state index in [0.717, 1.165) is 23.0 Å². The van der Waals surface area contributed by atoms with Crippen LogP contribution in [0.3, 0.4) is 0 Å². The Morgan fingerprint density at radius 2 is 2.03 bits per heavy atom. The lowest BCUT2D eigenvalue weighted by Crippen LogP contribution is -2.26. The Balaban J connectivity index is 1.85. The molecule has 0 atom stereocenters. The number of primary amides is 1. The summed E-state index contributed by atoms with van der Waals surface area (Å²) in [5.41, 5.74) is 8.97. The number of benzene rings is 1. The van der Waals surface area contributed by atoms with Gasteiger partial charge in [0, 0.05) is 6.20 Å². The van der Waals surface area contributed by atoms with Crippen LogP contribution in [0.2, 0.25) is 0 Å². The van der Waals surface area contributed by atoms with Crippen LogP contribution in [0.1, 0.15) is 11.1 Å². The maximum Gasteiger partial charge on any atom is 0.332 e. The molecule has 0 aliphatic carbocycles. The normalized spacial score (nSPS) is 11.2. The fourth-order valence-corrected chi connectivity index (χ4v) is 3.56. The highest BCUT2D eigenvalue weighted by Crippen LogP contribution is 2.27. The summed E-state index contributed by atoms with van der Waals surface area (Å²) < 4.78 is 2.94. The molecule has 0 radical (unpaired) electrons. The SMILES string of the molecule is Cc1cccn2c(=O)c(/C=N/NC(N)=O)c(Sc3nnnn3-c3ccccc3)nc12. The van der Waals surface area contributed by atoms with E-state index >= 15 is 0 Å². The monoisotopic (exact) mass is 421 g/mol. The number of urea groups is 1. The molecule has 3 heterocycles. The molecule has 11 nitrogen and oxygen atoms in total. The third-order valence-corrected chi connectivity index (χ3v) is 4.99. The van der Waals surface area contributed by atoms with Crippen molar-refractivity contribution in [3.8, 4) is 5.69 Å². The fourth-order valence-electron chi connectivity index (χ4n) is 2.70. The number of hydrazone groups is 1. The first kappa shape index (κ1) is 19.3. The maximum atomic E-state index is 13.1. The van der Waals surface area contributed by atoms with E-state index in [1.165, 1.54) is 15.3 Å². The molecule has 2 amide bonds. The molecule has 4 aromatic rings. The molecule has 12 heteroatoms. The summed E-state index contributed by atoms with van der Waals surface area (Å²) in [6, 6.07) is 12.1. The van der Waals surface area contributed by atoms with Gasteiger partial charge in [-0.2, -0.15) is 9.78 Å². The molecule has 3 N–H and O–H groups in total. The number of pyridine rings is 1. The predicted molar refractivity (Wildman–Crippen MR) is 110 cm³/mol. The number of carbonyl (C=O) groups excluding carboxylic acids is 1. The topological polar surface area (TPSA) is 145 Å². The third-order valence-electron chi connectivity index (χ3n) is 4.05. The quantitative estimate of drug-likeness (QED) is 0.279. The molecule has 0 saturated heterocycles. The van der Waals surface area contributed by atoms with Crippen LogP contribution in [0.4, 0.5) is 4.79 Å². The van der Waals surface area contributed by atoms with Crippen molar-refractivity contribution in [2.75, 3.05) is 0 Å². The Kier molecular flexibility index (Phi) is 5.22. The van der Waals surface area contributed by atoms with Gasteiger partial charge in [-0.05, 0) is 52.9 Å². The van der Waals surface area contributed by atoms with Gasteiger partial charge in [-0.3, -0.25) is 9.20 Å². The van der Waals surface area contributed by atoms with Crippen LogP contribution in [0.25, 0.3) is 11.3 Å². The molecule has 150 valence electrons. The van der Waals surface area contributed by atoms with Crippen molar-refractivity contribution in [3.63, 3.8) is 0 Å². The lowest BCUT2D eigenvalue weighted by Gasteiger charge is -2.09. The number of nitrogens with one attached hydrogen (secondary N) is 1. The van der Waals surface area contributed by atoms with Crippen molar-refractivity contribution in [1.29, 1.82) is 0 Å². The number of carbonyl (C=O) groups is 1. The average molecular weight is 421 g/mol. The maximum absolute atomic E-state index is 13.1. The van der Waals surface area contributed by atoms with E-state index in [2.05, 4.69) is 31.0 Å². The van der Waals surface area contributed by atoms with E-state index in [4.69, 9.17) is 5.73 Å². The zero-order valence-electron chi connectivity index (χ0n) is 15.6. The molecule has 4 rings (SSSR count). The Morgan fingerprint density at radius 1 is 1.23 bits per heavy atom. The van der Waals surface area contributed by atoms with E-state index in [-0.39, 0.29) is 11.1 Å². The number of para-hydroxylation sites is 1. The summed E-state index contributed by atoms with van der Waals surface area (Å²) in [6.07, 6.45) is 2.81. The summed E-state index contributed by atoms with van der Waals surface area (Å²) >= 11 is 1.11. The molecular formula is C18H15N9O2S. The number of hydrogen-bond donors (Lipinski definition) is 2. The molecule has 1 aromatic carbocycles. The van der Waals surface area contributed by atoms with E-state index in [1.54, 1.807) is 12.3 Å². The summed E-state index contributed by atoms with van der Waals surface area (Å²) in [5, 5.41) is 16.3. The molecular weight excluding hydrogens is 406 g/mol. The van der Waals surface area contributed by atoms with Gasteiger partial charge in [0.2, 0.25) is 5.16 Å². The zero-order valence-corrected chi connectivity index (χ0v) is 16.4. The number of aryl methyl sites for hydroxylation is 1. The smallest absolute Gasteiger partial charge is 0.332 e. The molecule has 30 heavy (non-hydrogen) atoms. The van der Waals surface area contributed by atoms with Crippen LogP contribution in [0, 0.1) is 6.92 Å². The van der Waals surface area contributed by atoms with Crippen molar-refractivity contribution >= 4 is 29.7 Å². The number of rotatable bonds is 5. The Morgan fingerprint density at radius 3 is 2.80 bits per heavy atom. The van der Waals surface area contributed by atoms with Crippen molar-refractivity contribution in [2.24, 2.45) is 10.8 Å². The van der Waals surface area contributed by atoms with Crippen LogP contribution >= 0.6 is 11.8 Å². The number of hydrogen-bond acceptors (Lipinski definition) is 8. The Labute approximate surface area is 173 Å². The summed E-state index contributed by atoms with van der Waals surface area (Å²) in [7, 11) is 0. The average Bonchev–Trinajstić information content (AvgIpc) is 3.20. The molecule has 0 bridgehead atoms. The van der Waals surface area contributed by atoms with Crippen molar-refractivity contribution in [3.05, 3.63) is 70.1 Å². The highest BCUT2D eigenvalue weighted by atomic mass is 32.2. The summed E-state index contributed by atoms with van der Waals surface area (Å²) in [5.74, 6) is 0. The second-order valence-corrected chi connectivity index (χ2v) is 7.02. The lowest BCUT2D eigenvalue weighted by atomic mass is 10.3. The van der Waals surface area contributed by atoms with Gasteiger partial charge in [0.05, 0.1) is 17.5 Å². The third kappa shape index (κ3) is 3.75. The van der Waals surface area contributed by atoms with E-state index < -0.39 is 6.03 Å². The predicted octanol–water partition coefficient (Wildman–Crippen LogP) is 1.13. The summed E-state index contributed by atoms with van der Waals surface area (Å²) in [4.78, 5) is 28.6. The molecule has 0 aliphatic heterocycles. The lowest BCUT2D eigenvalue weighted by molar-refractivity contribution is 0.249. The number of amides is 2. The molecule has 0 spiro atoms. The number of nitrogens with zero attached hydrogens (tertiary/aromatic N) is 7. The van der Waals surface area contributed by atoms with Crippen LogP contribution in [0.15, 0.2) is 68.7 Å². The molecule has 3 aromatic heterocycles. The number of nitrogens with two attached hydrogens (primary N) is 1. The van der Waals surface area contributed by atoms with Gasteiger partial charge in [-0.15, -0.1) is 5.10 Å². The first-order valence-corrected chi connectivity index (χ1v) is 9.48. The standard InChI is InChI=1S/C18H15N9O2S/c1-11-6-5-9-26-14(11)21-15(13(16(26)28)10-20-22-17(19)29)30-18-23-24-25-27(18)12-7-3-2-4-8-12/h2-10H,1H3,(H3,19,22,29)/b20-10+. The fraction of sp³-hybridized carbons (Fsp3) is 0.0556. The van der Waals surface area contributed by atoms with Gasteiger partial charge in [0.15, 0.2) is 0 Å². The number of tetrazole rings is 1. The van der Waals surface area contributed by atoms with Gasteiger partial charge in [-0.25, -0.2) is 15.2 Å². The number of fused-ring (bicyclic) bond motifs is 1. The van der Waals surface area contributed by atoms with E-state index in [1.807, 2.05) is 43.3 Å². The van der Waals surface area contributed by atoms with E-state index in [9.17, 15) is 9.59 Å². The van der Waals surface area contributed by atoms with Crippen LogP contribution < -0.4 is 16.7 Å². The van der Waals surface area contributed by atoms with Crippen LogP contribution in [0.5, 0.6) is 0 Å². The van der Waals surface area contributed by atoms with Crippen molar-refractivity contribution in [2.45, 2.75) is 17.1 Å². The van der Waals surface area contributed by atoms with Gasteiger partial charge in [-0.1, -0.05) is 24.3 Å². The summed E-state index contributed by atoms with van der Waals surface area (Å²) in [6.45, 7) is 1.85. The van der Waals surface area contributed by atoms with Crippen LogP contribution in [-0.4, -0.2) is 41.8 Å². The molecule has 0 saturated carbocycles. The van der Waals surface area contributed by atoms with Crippen molar-refractivity contribution in [1.82, 2.24) is 35.0 Å².